The van der Waals surface area contributed by atoms with E-state index in [2.05, 4.69) is 28.6 Å². The van der Waals surface area contributed by atoms with E-state index >= 15 is 0 Å². The fourth-order valence-corrected chi connectivity index (χ4v) is 1.68. The van der Waals surface area contributed by atoms with Crippen molar-refractivity contribution in [3.05, 3.63) is 0 Å². The Morgan fingerprint density at radius 2 is 1.67 bits per heavy atom. The molecule has 24 heavy (non-hydrogen) atoms. The van der Waals surface area contributed by atoms with Gasteiger partial charge in [0.2, 0.25) is 23.6 Å². The summed E-state index contributed by atoms with van der Waals surface area (Å²) in [5.41, 5.74) is 10.4. The van der Waals surface area contributed by atoms with Crippen LogP contribution in [0.2, 0.25) is 0 Å². The van der Waals surface area contributed by atoms with E-state index in [-0.39, 0.29) is 5.75 Å². The van der Waals surface area contributed by atoms with Crippen LogP contribution in [0.3, 0.4) is 0 Å². The predicted molar refractivity (Wildman–Crippen MR) is 85.8 cm³/mol. The SMILES string of the molecule is CC(N)C(=O)NC(CC(N)=O)C(=O)NCC(=O)NC(CS)C(=O)O. The maximum Gasteiger partial charge on any atom is 0.327 e. The van der Waals surface area contributed by atoms with Crippen molar-refractivity contribution >= 4 is 42.2 Å². The molecule has 0 saturated heterocycles. The van der Waals surface area contributed by atoms with Crippen molar-refractivity contribution in [1.29, 1.82) is 0 Å². The molecule has 0 aliphatic heterocycles. The zero-order chi connectivity index (χ0) is 18.9. The number of carboxylic acids is 1. The van der Waals surface area contributed by atoms with Gasteiger partial charge in [0.05, 0.1) is 19.0 Å². The van der Waals surface area contributed by atoms with E-state index in [4.69, 9.17) is 16.6 Å². The molecular weight excluding hydrogens is 342 g/mol. The van der Waals surface area contributed by atoms with Gasteiger partial charge in [-0.25, -0.2) is 4.79 Å². The first kappa shape index (κ1) is 21.7. The second-order valence-electron chi connectivity index (χ2n) is 4.88. The number of nitrogens with one attached hydrogen (secondary N) is 3. The summed E-state index contributed by atoms with van der Waals surface area (Å²) in [4.78, 5) is 56.8. The monoisotopic (exact) mass is 363 g/mol. The van der Waals surface area contributed by atoms with E-state index in [1.54, 1.807) is 0 Å². The highest BCUT2D eigenvalue weighted by atomic mass is 32.1. The molecule has 0 radical (unpaired) electrons. The summed E-state index contributed by atoms with van der Waals surface area (Å²) < 4.78 is 0. The molecule has 0 aromatic heterocycles. The van der Waals surface area contributed by atoms with Gasteiger partial charge in [0.15, 0.2) is 0 Å². The van der Waals surface area contributed by atoms with Crippen LogP contribution in [0.1, 0.15) is 13.3 Å². The van der Waals surface area contributed by atoms with Crippen LogP contribution in [0, 0.1) is 0 Å². The Labute approximate surface area is 143 Å². The Morgan fingerprint density at radius 1 is 1.08 bits per heavy atom. The molecular formula is C12H21N5O6S. The van der Waals surface area contributed by atoms with Gasteiger partial charge < -0.3 is 32.5 Å². The molecule has 4 amide bonds. The molecule has 0 spiro atoms. The number of hydrogen-bond acceptors (Lipinski definition) is 7. The van der Waals surface area contributed by atoms with Crippen molar-refractivity contribution in [3.63, 3.8) is 0 Å². The summed E-state index contributed by atoms with van der Waals surface area (Å²) in [6.45, 7) is 0.825. The summed E-state index contributed by atoms with van der Waals surface area (Å²) in [6.07, 6.45) is -0.486. The van der Waals surface area contributed by atoms with E-state index < -0.39 is 60.7 Å². The minimum Gasteiger partial charge on any atom is -0.480 e. The third-order valence-electron chi connectivity index (χ3n) is 2.69. The molecule has 0 saturated carbocycles. The van der Waals surface area contributed by atoms with Crippen LogP contribution >= 0.6 is 12.6 Å². The van der Waals surface area contributed by atoms with Crippen LogP contribution in [0.15, 0.2) is 0 Å². The molecule has 3 atom stereocenters. The Bertz CT molecular complexity index is 512. The lowest BCUT2D eigenvalue weighted by molar-refractivity contribution is -0.141. The molecule has 0 aliphatic carbocycles. The Hall–Kier alpha value is -2.34. The van der Waals surface area contributed by atoms with Crippen LogP contribution < -0.4 is 27.4 Å². The maximum atomic E-state index is 11.9. The Morgan fingerprint density at radius 3 is 2.08 bits per heavy atom. The van der Waals surface area contributed by atoms with Crippen molar-refractivity contribution in [2.75, 3.05) is 12.3 Å². The van der Waals surface area contributed by atoms with Gasteiger partial charge in [0.1, 0.15) is 12.1 Å². The lowest BCUT2D eigenvalue weighted by Gasteiger charge is -2.18. The maximum absolute atomic E-state index is 11.9. The van der Waals surface area contributed by atoms with Crippen LogP contribution in [0.25, 0.3) is 0 Å². The highest BCUT2D eigenvalue weighted by molar-refractivity contribution is 7.80. The quantitative estimate of drug-likeness (QED) is 0.194. The van der Waals surface area contributed by atoms with Crippen molar-refractivity contribution in [2.24, 2.45) is 11.5 Å². The molecule has 12 heteroatoms. The summed E-state index contributed by atoms with van der Waals surface area (Å²) in [5.74, 6) is -4.55. The number of primary amides is 1. The second-order valence-corrected chi connectivity index (χ2v) is 5.24. The number of carboxylic acid groups (broad SMARTS) is 1. The largest absolute Gasteiger partial charge is 0.480 e. The molecule has 0 bridgehead atoms. The van der Waals surface area contributed by atoms with Crippen LogP contribution in [-0.2, 0) is 24.0 Å². The third kappa shape index (κ3) is 8.33. The lowest BCUT2D eigenvalue weighted by Crippen LogP contribution is -2.54. The number of rotatable bonds is 10. The van der Waals surface area contributed by atoms with Crippen LogP contribution in [0.5, 0.6) is 0 Å². The van der Waals surface area contributed by atoms with Gasteiger partial charge in [0, 0.05) is 5.75 Å². The van der Waals surface area contributed by atoms with Crippen LogP contribution in [-0.4, -0.2) is 65.1 Å². The molecule has 0 fully saturated rings. The van der Waals surface area contributed by atoms with Crippen molar-refractivity contribution in [1.82, 2.24) is 16.0 Å². The molecule has 0 rings (SSSR count). The smallest absolute Gasteiger partial charge is 0.327 e. The number of carbonyl (C=O) groups excluding carboxylic acids is 4. The fourth-order valence-electron chi connectivity index (χ4n) is 1.44. The molecule has 3 unspecified atom stereocenters. The summed E-state index contributed by atoms with van der Waals surface area (Å²) >= 11 is 3.77. The number of hydrogen-bond donors (Lipinski definition) is 7. The molecule has 11 nitrogen and oxygen atoms in total. The first-order chi connectivity index (χ1) is 11.1. The zero-order valence-corrected chi connectivity index (χ0v) is 13.8. The van der Waals surface area contributed by atoms with Gasteiger partial charge in [-0.15, -0.1) is 0 Å². The first-order valence-corrected chi connectivity index (χ1v) is 7.46. The number of nitrogens with two attached hydrogens (primary N) is 2. The summed E-state index contributed by atoms with van der Waals surface area (Å²) in [5, 5.41) is 15.3. The molecule has 0 aromatic rings. The van der Waals surface area contributed by atoms with E-state index in [0.717, 1.165) is 0 Å². The summed E-state index contributed by atoms with van der Waals surface area (Å²) in [7, 11) is 0. The fraction of sp³-hybridized carbons (Fsp3) is 0.583. The normalized spacial score (nSPS) is 14.0. The van der Waals surface area contributed by atoms with Gasteiger partial charge in [-0.05, 0) is 6.92 Å². The highest BCUT2D eigenvalue weighted by Crippen LogP contribution is 1.94. The van der Waals surface area contributed by atoms with Crippen molar-refractivity contribution in [3.8, 4) is 0 Å². The zero-order valence-electron chi connectivity index (χ0n) is 12.9. The topological polar surface area (TPSA) is 194 Å². The lowest BCUT2D eigenvalue weighted by atomic mass is 10.1. The third-order valence-corrected chi connectivity index (χ3v) is 3.06. The minimum atomic E-state index is -1.30. The highest BCUT2D eigenvalue weighted by Gasteiger charge is 2.25. The van der Waals surface area contributed by atoms with E-state index in [0.29, 0.717) is 0 Å². The molecule has 0 heterocycles. The van der Waals surface area contributed by atoms with Gasteiger partial charge in [-0.1, -0.05) is 0 Å². The van der Waals surface area contributed by atoms with Crippen molar-refractivity contribution < 1.29 is 29.1 Å². The Kier molecular flexibility index (Phi) is 9.42. The second kappa shape index (κ2) is 10.4. The molecule has 8 N–H and O–H groups in total. The Balaban J connectivity index is 4.65. The number of aliphatic carboxylic acids is 1. The van der Waals surface area contributed by atoms with E-state index in [1.165, 1.54) is 6.92 Å². The average Bonchev–Trinajstić information content (AvgIpc) is 2.48. The number of amides is 4. The number of thiol groups is 1. The summed E-state index contributed by atoms with van der Waals surface area (Å²) in [6, 6.07) is -3.42. The van der Waals surface area contributed by atoms with Gasteiger partial charge in [-0.3, -0.25) is 19.2 Å². The molecule has 0 aliphatic rings. The average molecular weight is 363 g/mol. The van der Waals surface area contributed by atoms with E-state index in [1.807, 2.05) is 0 Å². The van der Waals surface area contributed by atoms with Crippen LogP contribution in [0.4, 0.5) is 0 Å². The van der Waals surface area contributed by atoms with Gasteiger partial charge >= 0.3 is 5.97 Å². The van der Waals surface area contributed by atoms with Crippen molar-refractivity contribution in [2.45, 2.75) is 31.5 Å². The molecule has 136 valence electrons. The van der Waals surface area contributed by atoms with Gasteiger partial charge in [0.25, 0.3) is 0 Å². The molecule has 0 aromatic carbocycles. The minimum absolute atomic E-state index is 0.135. The standard InChI is InChI=1S/C12H21N5O6S/c1-5(13)10(20)17-6(2-8(14)18)11(21)15-3-9(19)16-7(4-24)12(22)23/h5-7,24H,2-4,13H2,1H3,(H2,14,18)(H,15,21)(H,16,19)(H,17,20)(H,22,23). The first-order valence-electron chi connectivity index (χ1n) is 6.83. The number of carbonyl (C=O) groups is 5. The van der Waals surface area contributed by atoms with E-state index in [9.17, 15) is 24.0 Å². The predicted octanol–water partition coefficient (Wildman–Crippen LogP) is -3.69. The van der Waals surface area contributed by atoms with Gasteiger partial charge in [-0.2, -0.15) is 12.6 Å².